The number of alkyl halides is 3. The fraction of sp³-hybridized carbons (Fsp3) is 0.0909. The van der Waals surface area contributed by atoms with Crippen molar-refractivity contribution in [1.82, 2.24) is 10.7 Å². The highest BCUT2D eigenvalue weighted by atomic mass is 32.1. The molecule has 0 unspecified atom stereocenters. The Morgan fingerprint density at radius 3 is 2.47 bits per heavy atom. The van der Waals surface area contributed by atoms with Crippen molar-refractivity contribution in [3.63, 3.8) is 0 Å². The standard InChI is InChI=1S/C22H19F3N6O2S/c23-22(24,25)33-18-9-7-17(8-10-18)28-14-29-20(26)16-5-3-15(4-6-16)12-30-31-21(34)27-13-19-2-1-11-32-19/h1-12,14H,13H2,(H2,26,28,29)(H2,27,31,34)/b30-12-. The SMILES string of the molecule is NC(=NC=Nc1ccc(OC(F)(F)F)cc1)c1ccc(/C=N\NC(=S)NCc2ccco2)cc1. The molecular weight excluding hydrogens is 469 g/mol. The molecule has 0 amide bonds. The molecule has 0 fully saturated rings. The smallest absolute Gasteiger partial charge is 0.467 e. The molecule has 12 heteroatoms. The average Bonchev–Trinajstić information content (AvgIpc) is 3.32. The molecule has 0 aliphatic rings. The fourth-order valence-corrected chi connectivity index (χ4v) is 2.62. The number of amidine groups is 1. The van der Waals surface area contributed by atoms with Gasteiger partial charge in [0, 0.05) is 5.56 Å². The minimum Gasteiger partial charge on any atom is -0.467 e. The number of nitrogens with two attached hydrogens (primary N) is 1. The van der Waals surface area contributed by atoms with E-state index in [2.05, 4.69) is 30.6 Å². The first-order chi connectivity index (χ1) is 16.3. The number of halogens is 3. The maximum atomic E-state index is 12.2. The van der Waals surface area contributed by atoms with Crippen LogP contribution in [0.2, 0.25) is 0 Å². The second-order valence-corrected chi connectivity index (χ2v) is 6.96. The molecule has 34 heavy (non-hydrogen) atoms. The summed E-state index contributed by atoms with van der Waals surface area (Å²) in [5.41, 5.74) is 10.5. The Balaban J connectivity index is 1.48. The van der Waals surface area contributed by atoms with Crippen molar-refractivity contribution >= 4 is 41.4 Å². The zero-order valence-electron chi connectivity index (χ0n) is 17.5. The van der Waals surface area contributed by atoms with Gasteiger partial charge in [0.2, 0.25) is 0 Å². The summed E-state index contributed by atoms with van der Waals surface area (Å²) < 4.78 is 45.5. The van der Waals surface area contributed by atoms with Crippen molar-refractivity contribution in [3.05, 3.63) is 83.8 Å². The van der Waals surface area contributed by atoms with E-state index in [9.17, 15) is 13.2 Å². The first kappa shape index (κ1) is 24.5. The van der Waals surface area contributed by atoms with Gasteiger partial charge in [-0.1, -0.05) is 24.3 Å². The molecule has 0 saturated heterocycles. The van der Waals surface area contributed by atoms with Crippen LogP contribution in [-0.4, -0.2) is 29.9 Å². The zero-order chi connectivity index (χ0) is 24.4. The Morgan fingerprint density at radius 2 is 1.82 bits per heavy atom. The van der Waals surface area contributed by atoms with Crippen molar-refractivity contribution in [3.8, 4) is 5.75 Å². The third-order valence-corrected chi connectivity index (χ3v) is 4.30. The van der Waals surface area contributed by atoms with Crippen LogP contribution in [0.3, 0.4) is 0 Å². The molecule has 0 saturated carbocycles. The van der Waals surface area contributed by atoms with Crippen LogP contribution in [0.1, 0.15) is 16.9 Å². The summed E-state index contributed by atoms with van der Waals surface area (Å²) in [6, 6.07) is 15.8. The molecule has 0 aliphatic heterocycles. The van der Waals surface area contributed by atoms with Crippen LogP contribution < -0.4 is 21.2 Å². The van der Waals surface area contributed by atoms with Crippen LogP contribution in [0.4, 0.5) is 18.9 Å². The highest BCUT2D eigenvalue weighted by Gasteiger charge is 2.30. The Bertz CT molecular complexity index is 1160. The van der Waals surface area contributed by atoms with E-state index < -0.39 is 6.36 Å². The number of nitrogens with one attached hydrogen (secondary N) is 2. The lowest BCUT2D eigenvalue weighted by atomic mass is 10.1. The third-order valence-electron chi connectivity index (χ3n) is 4.06. The summed E-state index contributed by atoms with van der Waals surface area (Å²) in [4.78, 5) is 8.07. The average molecular weight is 488 g/mol. The van der Waals surface area contributed by atoms with E-state index in [0.29, 0.717) is 22.9 Å². The number of hydrogen-bond acceptors (Lipinski definition) is 5. The van der Waals surface area contributed by atoms with Gasteiger partial charge in [-0.05, 0) is 54.2 Å². The maximum absolute atomic E-state index is 12.2. The summed E-state index contributed by atoms with van der Waals surface area (Å²) in [6.45, 7) is 0.447. The zero-order valence-corrected chi connectivity index (χ0v) is 18.3. The van der Waals surface area contributed by atoms with Gasteiger partial charge in [0.15, 0.2) is 5.11 Å². The Labute approximate surface area is 198 Å². The molecule has 3 rings (SSSR count). The first-order valence-electron chi connectivity index (χ1n) is 9.70. The summed E-state index contributed by atoms with van der Waals surface area (Å²) in [5.74, 6) is 0.632. The van der Waals surface area contributed by atoms with Gasteiger partial charge in [-0.15, -0.1) is 13.2 Å². The second-order valence-electron chi connectivity index (χ2n) is 6.55. The largest absolute Gasteiger partial charge is 0.573 e. The number of thiocarbonyl (C=S) groups is 1. The van der Waals surface area contributed by atoms with Gasteiger partial charge in [0.1, 0.15) is 23.7 Å². The van der Waals surface area contributed by atoms with Crippen LogP contribution >= 0.6 is 12.2 Å². The Morgan fingerprint density at radius 1 is 1.09 bits per heavy atom. The first-order valence-corrected chi connectivity index (χ1v) is 10.1. The van der Waals surface area contributed by atoms with Crippen molar-refractivity contribution in [2.24, 2.45) is 20.8 Å². The van der Waals surface area contributed by atoms with E-state index in [-0.39, 0.29) is 11.6 Å². The molecule has 0 spiro atoms. The number of ether oxygens (including phenoxy) is 1. The van der Waals surface area contributed by atoms with E-state index in [0.717, 1.165) is 23.5 Å². The van der Waals surface area contributed by atoms with Gasteiger partial charge in [-0.25, -0.2) is 9.98 Å². The lowest BCUT2D eigenvalue weighted by Gasteiger charge is -2.08. The predicted molar refractivity (Wildman–Crippen MR) is 127 cm³/mol. The summed E-state index contributed by atoms with van der Waals surface area (Å²) >= 11 is 5.13. The summed E-state index contributed by atoms with van der Waals surface area (Å²) in [6.07, 6.45) is -0.360. The van der Waals surface area contributed by atoms with Gasteiger partial charge in [-0.3, -0.25) is 5.43 Å². The maximum Gasteiger partial charge on any atom is 0.573 e. The molecule has 0 radical (unpaired) electrons. The van der Waals surface area contributed by atoms with Gasteiger partial charge >= 0.3 is 6.36 Å². The number of benzene rings is 2. The van der Waals surface area contributed by atoms with E-state index >= 15 is 0 Å². The molecular formula is C22H19F3N6O2S. The number of hydrazone groups is 1. The molecule has 8 nitrogen and oxygen atoms in total. The lowest BCUT2D eigenvalue weighted by molar-refractivity contribution is -0.274. The van der Waals surface area contributed by atoms with E-state index in [1.807, 2.05) is 6.07 Å². The Kier molecular flexibility index (Phi) is 8.35. The van der Waals surface area contributed by atoms with Gasteiger partial charge < -0.3 is 20.2 Å². The molecule has 0 bridgehead atoms. The van der Waals surface area contributed by atoms with E-state index in [1.165, 1.54) is 18.5 Å². The van der Waals surface area contributed by atoms with Crippen LogP contribution in [0.15, 0.2) is 86.4 Å². The molecule has 1 heterocycles. The van der Waals surface area contributed by atoms with Crippen LogP contribution in [0.25, 0.3) is 0 Å². The molecule has 176 valence electrons. The molecule has 1 aromatic heterocycles. The van der Waals surface area contributed by atoms with Crippen molar-refractivity contribution < 1.29 is 22.3 Å². The summed E-state index contributed by atoms with van der Waals surface area (Å²) in [5, 5.41) is 7.37. The van der Waals surface area contributed by atoms with Gasteiger partial charge in [0.25, 0.3) is 0 Å². The lowest BCUT2D eigenvalue weighted by Crippen LogP contribution is -2.31. The van der Waals surface area contributed by atoms with Gasteiger partial charge in [0.05, 0.1) is 24.7 Å². The molecule has 0 atom stereocenters. The Hall–Kier alpha value is -4.19. The number of furan rings is 1. The predicted octanol–water partition coefficient (Wildman–Crippen LogP) is 4.24. The van der Waals surface area contributed by atoms with Crippen LogP contribution in [0.5, 0.6) is 5.75 Å². The molecule has 3 aromatic rings. The number of rotatable bonds is 8. The molecule has 4 N–H and O–H groups in total. The second kappa shape index (κ2) is 11.6. The monoisotopic (exact) mass is 488 g/mol. The van der Waals surface area contributed by atoms with Crippen LogP contribution in [-0.2, 0) is 6.54 Å². The quantitative estimate of drug-likeness (QED) is 0.189. The number of aliphatic imine (C=N–C) groups is 2. The van der Waals surface area contributed by atoms with Crippen LogP contribution in [0, 0.1) is 0 Å². The normalized spacial score (nSPS) is 12.3. The minimum atomic E-state index is -4.74. The van der Waals surface area contributed by atoms with Crippen molar-refractivity contribution in [1.29, 1.82) is 0 Å². The van der Waals surface area contributed by atoms with E-state index in [4.69, 9.17) is 22.4 Å². The molecule has 0 aliphatic carbocycles. The summed E-state index contributed by atoms with van der Waals surface area (Å²) in [7, 11) is 0. The van der Waals surface area contributed by atoms with Crippen molar-refractivity contribution in [2.45, 2.75) is 12.9 Å². The fourth-order valence-electron chi connectivity index (χ4n) is 2.49. The minimum absolute atomic E-state index is 0.214. The number of hydrogen-bond donors (Lipinski definition) is 3. The van der Waals surface area contributed by atoms with E-state index in [1.54, 1.807) is 42.8 Å². The highest BCUT2D eigenvalue weighted by molar-refractivity contribution is 7.80. The third kappa shape index (κ3) is 8.39. The molecule has 2 aromatic carbocycles. The number of nitrogens with zero attached hydrogens (tertiary/aromatic N) is 3. The topological polar surface area (TPSA) is 110 Å². The van der Waals surface area contributed by atoms with Crippen molar-refractivity contribution in [2.75, 3.05) is 0 Å². The highest BCUT2D eigenvalue weighted by Crippen LogP contribution is 2.24. The van der Waals surface area contributed by atoms with Gasteiger partial charge in [-0.2, -0.15) is 5.10 Å².